The third kappa shape index (κ3) is 7.73. The van der Waals surface area contributed by atoms with Crippen LogP contribution in [0.25, 0.3) is 16.8 Å². The van der Waals surface area contributed by atoms with E-state index in [4.69, 9.17) is 10.5 Å². The number of benzene rings is 2. The van der Waals surface area contributed by atoms with Crippen molar-refractivity contribution in [2.75, 3.05) is 30.3 Å². The second kappa shape index (κ2) is 13.2. The van der Waals surface area contributed by atoms with Crippen LogP contribution in [0.15, 0.2) is 54.7 Å². The lowest BCUT2D eigenvalue weighted by Crippen LogP contribution is -2.41. The number of rotatable bonds is 7. The Kier molecular flexibility index (Phi) is 9.29. The second-order valence-electron chi connectivity index (χ2n) is 12.9. The Morgan fingerprint density at radius 1 is 0.942 bits per heavy atom. The highest BCUT2D eigenvalue weighted by molar-refractivity contribution is 5.74. The lowest BCUT2D eigenvalue weighted by molar-refractivity contribution is -0.198. The number of carboxylic acids is 1. The summed E-state index contributed by atoms with van der Waals surface area (Å²) in [6.07, 6.45) is -15.4. The van der Waals surface area contributed by atoms with Gasteiger partial charge in [0.1, 0.15) is 11.9 Å². The van der Waals surface area contributed by atoms with Crippen LogP contribution in [-0.2, 0) is 17.1 Å². The number of aliphatic carboxylic acids is 1. The van der Waals surface area contributed by atoms with Crippen molar-refractivity contribution in [3.8, 4) is 22.7 Å². The van der Waals surface area contributed by atoms with Crippen LogP contribution in [0.1, 0.15) is 47.8 Å². The van der Waals surface area contributed by atoms with Crippen molar-refractivity contribution in [3.63, 3.8) is 0 Å². The number of nitrogens with zero attached hydrogens (tertiary/aromatic N) is 5. The Bertz CT molecular complexity index is 1940. The van der Waals surface area contributed by atoms with E-state index in [-0.39, 0.29) is 28.6 Å². The third-order valence-corrected chi connectivity index (χ3v) is 9.25. The van der Waals surface area contributed by atoms with E-state index in [9.17, 15) is 49.4 Å². The molecule has 52 heavy (non-hydrogen) atoms. The molecule has 2 fully saturated rings. The number of hydrogen-bond acceptors (Lipinski definition) is 8. The Hall–Kier alpha value is -5.07. The van der Waals surface area contributed by atoms with E-state index in [1.165, 1.54) is 25.3 Å². The summed E-state index contributed by atoms with van der Waals surface area (Å²) in [6, 6.07) is 5.69. The smallest absolute Gasteiger partial charge is 0.429 e. The number of nitrogens with one attached hydrogen (secondary N) is 1. The molecule has 0 radical (unpaired) electrons. The van der Waals surface area contributed by atoms with Crippen molar-refractivity contribution in [2.24, 2.45) is 5.41 Å². The molecule has 4 N–H and O–H groups in total. The molecule has 2 aromatic carbocycles. The minimum Gasteiger partial charge on any atom is -0.480 e. The van der Waals surface area contributed by atoms with Crippen LogP contribution in [0.3, 0.4) is 0 Å². The number of aryl methyl sites for hydroxylation is 1. The highest BCUT2D eigenvalue weighted by Crippen LogP contribution is 2.44. The van der Waals surface area contributed by atoms with E-state index >= 15 is 0 Å². The van der Waals surface area contributed by atoms with E-state index in [1.54, 1.807) is 4.90 Å². The largest absolute Gasteiger partial charge is 0.480 e. The van der Waals surface area contributed by atoms with E-state index < -0.39 is 70.7 Å². The van der Waals surface area contributed by atoms with Gasteiger partial charge in [0, 0.05) is 37.5 Å². The number of halogens is 9. The fourth-order valence-corrected chi connectivity index (χ4v) is 6.58. The van der Waals surface area contributed by atoms with Crippen LogP contribution in [-0.4, -0.2) is 62.7 Å². The second-order valence-corrected chi connectivity index (χ2v) is 12.9. The van der Waals surface area contributed by atoms with Crippen molar-refractivity contribution in [1.29, 1.82) is 0 Å². The van der Waals surface area contributed by atoms with Gasteiger partial charge in [-0.3, -0.25) is 4.79 Å². The molecular weight excluding hydrogens is 713 g/mol. The summed E-state index contributed by atoms with van der Waals surface area (Å²) in [5, 5.41) is 16.5. The highest BCUT2D eigenvalue weighted by atomic mass is 19.4. The van der Waals surface area contributed by atoms with Gasteiger partial charge in [-0.15, -0.1) is 0 Å². The number of carboxylic acid groups (broad SMARTS) is 1. The average Bonchev–Trinajstić information content (AvgIpc) is 3.68. The molecule has 0 bridgehead atoms. The van der Waals surface area contributed by atoms with Gasteiger partial charge in [0.2, 0.25) is 17.9 Å². The summed E-state index contributed by atoms with van der Waals surface area (Å²) in [7, 11) is 0. The van der Waals surface area contributed by atoms with Gasteiger partial charge in [-0.1, -0.05) is 12.1 Å². The van der Waals surface area contributed by atoms with Crippen LogP contribution < -0.4 is 20.7 Å². The molecule has 1 spiro atoms. The zero-order valence-corrected chi connectivity index (χ0v) is 27.1. The van der Waals surface area contributed by atoms with Crippen molar-refractivity contribution in [1.82, 2.24) is 25.1 Å². The Morgan fingerprint density at radius 3 is 2.13 bits per heavy atom. The fourth-order valence-electron chi connectivity index (χ4n) is 6.58. The monoisotopic (exact) mass is 743 g/mol. The Morgan fingerprint density at radius 2 is 1.60 bits per heavy atom. The standard InChI is InChI=1S/C33H30F9N7O3/c1-17-4-7-49(47-17)24-12-18(19-10-20(31(34,35)36)13-21(11-19)32(37,38)39)2-3-22(24)27(33(40,41)42)52-26-14-25(45-29(43)46-26)48-8-5-30(6-9-48)15-23(28(50)51)44-16-30/h2-4,7,10-14,23,27,44H,5-6,8-9,15-16H2,1H3,(H,50,51)(H2,43,45,46)/t23-,27+/m0/s1. The van der Waals surface area contributed by atoms with Crippen molar-refractivity contribution < 1.29 is 54.2 Å². The van der Waals surface area contributed by atoms with Crippen LogP contribution in [0.4, 0.5) is 51.3 Å². The SMILES string of the molecule is Cc1ccn(-c2cc(-c3cc(C(F)(F)F)cc(C(F)(F)F)c3)ccc2[C@@H](Oc2cc(N3CCC4(CC3)CN[C@H](C(=O)O)C4)nc(N)n2)C(F)(F)F)n1. The maximum atomic E-state index is 14.9. The molecule has 2 aromatic heterocycles. The lowest BCUT2D eigenvalue weighted by atomic mass is 9.76. The fraction of sp³-hybridized carbons (Fsp3) is 0.394. The van der Waals surface area contributed by atoms with Gasteiger partial charge in [0.15, 0.2) is 0 Å². The summed E-state index contributed by atoms with van der Waals surface area (Å²) in [4.78, 5) is 21.2. The normalized spacial score (nSPS) is 18.5. The molecule has 2 aliphatic heterocycles. The number of anilines is 2. The van der Waals surface area contributed by atoms with Crippen LogP contribution in [0.5, 0.6) is 5.88 Å². The zero-order valence-electron chi connectivity index (χ0n) is 27.1. The molecular formula is C33H30F9N7O3. The maximum absolute atomic E-state index is 14.9. The molecule has 0 aliphatic carbocycles. The first kappa shape index (κ1) is 36.7. The number of carbonyl (C=O) groups is 1. The van der Waals surface area contributed by atoms with Gasteiger partial charge >= 0.3 is 24.5 Å². The molecule has 278 valence electrons. The average molecular weight is 744 g/mol. The molecule has 19 heteroatoms. The Labute approximate surface area is 289 Å². The molecule has 4 heterocycles. The molecule has 10 nitrogen and oxygen atoms in total. The van der Waals surface area contributed by atoms with Gasteiger partial charge in [-0.05, 0) is 73.1 Å². The van der Waals surface area contributed by atoms with Gasteiger partial charge in [-0.2, -0.15) is 54.6 Å². The summed E-state index contributed by atoms with van der Waals surface area (Å²) in [5.41, 5.74) is 1.05. The van der Waals surface area contributed by atoms with Crippen molar-refractivity contribution in [2.45, 2.75) is 56.9 Å². The number of aromatic nitrogens is 4. The number of nitrogen functional groups attached to an aromatic ring is 1. The topological polar surface area (TPSA) is 131 Å². The van der Waals surface area contributed by atoms with E-state index in [2.05, 4.69) is 20.4 Å². The molecule has 0 amide bonds. The Balaban J connectivity index is 1.36. The maximum Gasteiger partial charge on any atom is 0.429 e. The summed E-state index contributed by atoms with van der Waals surface area (Å²) in [6.45, 7) is 2.81. The predicted octanol–water partition coefficient (Wildman–Crippen LogP) is 6.97. The van der Waals surface area contributed by atoms with E-state index in [0.29, 0.717) is 56.7 Å². The van der Waals surface area contributed by atoms with Gasteiger partial charge in [0.05, 0.1) is 22.5 Å². The van der Waals surface area contributed by atoms with Crippen LogP contribution in [0.2, 0.25) is 0 Å². The number of nitrogens with two attached hydrogens (primary N) is 1. The molecule has 0 saturated carbocycles. The van der Waals surface area contributed by atoms with Gasteiger partial charge in [-0.25, -0.2) is 4.68 Å². The minimum atomic E-state index is -5.15. The van der Waals surface area contributed by atoms with Gasteiger partial charge < -0.3 is 25.8 Å². The molecule has 2 saturated heterocycles. The first-order chi connectivity index (χ1) is 24.2. The van der Waals surface area contributed by atoms with Gasteiger partial charge in [0.25, 0.3) is 0 Å². The molecule has 0 unspecified atom stereocenters. The number of piperidine rings is 1. The summed E-state index contributed by atoms with van der Waals surface area (Å²) < 4.78 is 133. The highest BCUT2D eigenvalue weighted by Gasteiger charge is 2.46. The minimum absolute atomic E-state index is 0.0482. The van der Waals surface area contributed by atoms with E-state index in [1.807, 2.05) is 0 Å². The lowest BCUT2D eigenvalue weighted by Gasteiger charge is -2.39. The van der Waals surface area contributed by atoms with Crippen LogP contribution >= 0.6 is 0 Å². The number of ether oxygens (including phenoxy) is 1. The first-order valence-electron chi connectivity index (χ1n) is 15.8. The number of hydrogen-bond donors (Lipinski definition) is 3. The molecule has 4 aromatic rings. The van der Waals surface area contributed by atoms with E-state index in [0.717, 1.165) is 22.9 Å². The zero-order chi connectivity index (χ0) is 37.8. The third-order valence-electron chi connectivity index (χ3n) is 9.25. The quantitative estimate of drug-likeness (QED) is 0.172. The first-order valence-corrected chi connectivity index (χ1v) is 15.8. The predicted molar refractivity (Wildman–Crippen MR) is 168 cm³/mol. The van der Waals surface area contributed by atoms with Crippen molar-refractivity contribution in [3.05, 3.63) is 77.1 Å². The summed E-state index contributed by atoms with van der Waals surface area (Å²) >= 11 is 0. The summed E-state index contributed by atoms with van der Waals surface area (Å²) in [5.74, 6) is -1.73. The molecule has 2 aliphatic rings. The van der Waals surface area contributed by atoms with Crippen LogP contribution in [0, 0.1) is 12.3 Å². The van der Waals surface area contributed by atoms with Crippen molar-refractivity contribution >= 4 is 17.7 Å². The number of alkyl halides is 9. The molecule has 2 atom stereocenters. The molecule has 6 rings (SSSR count).